The highest BCUT2D eigenvalue weighted by atomic mass is 32.2. The first kappa shape index (κ1) is 16.7. The lowest BCUT2D eigenvalue weighted by molar-refractivity contribution is 0.462. The fourth-order valence-electron chi connectivity index (χ4n) is 1.82. The van der Waals surface area contributed by atoms with Crippen molar-refractivity contribution < 1.29 is 8.42 Å². The Bertz CT molecular complexity index is 574. The summed E-state index contributed by atoms with van der Waals surface area (Å²) >= 11 is 0. The summed E-state index contributed by atoms with van der Waals surface area (Å²) in [6.45, 7) is 6.79. The van der Waals surface area contributed by atoms with Crippen molar-refractivity contribution in [2.45, 2.75) is 38.3 Å². The average molecular weight is 294 g/mol. The molecule has 0 atom stereocenters. The van der Waals surface area contributed by atoms with E-state index in [4.69, 9.17) is 6.42 Å². The number of terminal acetylenes is 1. The van der Waals surface area contributed by atoms with Crippen LogP contribution in [0.5, 0.6) is 0 Å². The fraction of sp³-hybridized carbons (Fsp3) is 0.467. The quantitative estimate of drug-likeness (QED) is 0.781. The lowest BCUT2D eigenvalue weighted by atomic mass is 10.2. The van der Waals surface area contributed by atoms with E-state index in [1.54, 1.807) is 19.1 Å². The molecule has 4 nitrogen and oxygen atoms in total. The molecule has 0 bridgehead atoms. The van der Waals surface area contributed by atoms with Gasteiger partial charge in [-0.3, -0.25) is 0 Å². The Morgan fingerprint density at radius 3 is 2.55 bits per heavy atom. The van der Waals surface area contributed by atoms with Gasteiger partial charge in [0.2, 0.25) is 10.0 Å². The summed E-state index contributed by atoms with van der Waals surface area (Å²) in [6, 6.07) is 7.32. The Hall–Kier alpha value is -1.35. The highest BCUT2D eigenvalue weighted by molar-refractivity contribution is 7.89. The summed E-state index contributed by atoms with van der Waals surface area (Å²) in [6.07, 6.45) is 5.25. The molecule has 110 valence electrons. The smallest absolute Gasteiger partial charge is 0.244 e. The number of nitrogens with one attached hydrogen (secondary N) is 1. The number of hydrogen-bond acceptors (Lipinski definition) is 3. The van der Waals surface area contributed by atoms with Crippen molar-refractivity contribution in [3.05, 3.63) is 29.8 Å². The molecule has 1 rings (SSSR count). The highest BCUT2D eigenvalue weighted by Crippen LogP contribution is 2.20. The van der Waals surface area contributed by atoms with Crippen molar-refractivity contribution in [3.63, 3.8) is 0 Å². The van der Waals surface area contributed by atoms with Gasteiger partial charge in [0, 0.05) is 19.1 Å². The maximum Gasteiger partial charge on any atom is 0.244 e. The maximum absolute atomic E-state index is 12.6. The molecule has 1 N–H and O–H groups in total. The molecule has 1 aromatic rings. The van der Waals surface area contributed by atoms with Crippen molar-refractivity contribution in [3.8, 4) is 12.3 Å². The zero-order valence-corrected chi connectivity index (χ0v) is 13.1. The summed E-state index contributed by atoms with van der Waals surface area (Å²) in [4.78, 5) is 0.324. The molecule has 0 heterocycles. The van der Waals surface area contributed by atoms with Crippen LogP contribution < -0.4 is 5.32 Å². The van der Waals surface area contributed by atoms with Gasteiger partial charge >= 0.3 is 0 Å². The van der Waals surface area contributed by atoms with Gasteiger partial charge < -0.3 is 5.32 Å². The van der Waals surface area contributed by atoms with Crippen molar-refractivity contribution in [1.29, 1.82) is 0 Å². The second kappa shape index (κ2) is 7.44. The van der Waals surface area contributed by atoms with Gasteiger partial charge in [0.05, 0.1) is 11.4 Å². The van der Waals surface area contributed by atoms with Crippen LogP contribution >= 0.6 is 0 Å². The molecule has 0 aliphatic heterocycles. The molecule has 20 heavy (non-hydrogen) atoms. The average Bonchev–Trinajstić information content (AvgIpc) is 2.42. The van der Waals surface area contributed by atoms with Gasteiger partial charge in [-0.1, -0.05) is 44.9 Å². The van der Waals surface area contributed by atoms with E-state index in [1.165, 1.54) is 4.31 Å². The Balaban J connectivity index is 3.14. The zero-order chi connectivity index (χ0) is 15.2. The van der Waals surface area contributed by atoms with Crippen LogP contribution in [0.2, 0.25) is 0 Å². The van der Waals surface area contributed by atoms with Gasteiger partial charge in [0.1, 0.15) is 0 Å². The highest BCUT2D eigenvalue weighted by Gasteiger charge is 2.24. The molecule has 0 aliphatic rings. The van der Waals surface area contributed by atoms with Crippen LogP contribution in [-0.4, -0.2) is 31.9 Å². The molecular weight excluding hydrogens is 272 g/mol. The van der Waals surface area contributed by atoms with E-state index in [9.17, 15) is 8.42 Å². The summed E-state index contributed by atoms with van der Waals surface area (Å²) in [5.41, 5.74) is 0.761. The molecule has 0 unspecified atom stereocenters. The second-order valence-corrected chi connectivity index (χ2v) is 6.69. The number of nitrogens with zero attached hydrogens (tertiary/aromatic N) is 1. The lowest BCUT2D eigenvalue weighted by Crippen LogP contribution is -2.32. The number of benzene rings is 1. The van der Waals surface area contributed by atoms with Crippen LogP contribution in [-0.2, 0) is 16.6 Å². The van der Waals surface area contributed by atoms with Gasteiger partial charge in [0.25, 0.3) is 0 Å². The lowest BCUT2D eigenvalue weighted by Gasteiger charge is -2.20. The van der Waals surface area contributed by atoms with Crippen LogP contribution in [0.1, 0.15) is 26.3 Å². The Kier molecular flexibility index (Phi) is 6.21. The first-order valence-corrected chi connectivity index (χ1v) is 8.12. The molecular formula is C15H22N2O2S. The summed E-state index contributed by atoms with van der Waals surface area (Å²) < 4.78 is 26.5. The summed E-state index contributed by atoms with van der Waals surface area (Å²) in [7, 11) is -3.54. The maximum atomic E-state index is 12.6. The minimum Gasteiger partial charge on any atom is -0.310 e. The third kappa shape index (κ3) is 4.07. The van der Waals surface area contributed by atoms with Gasteiger partial charge in [-0.05, 0) is 11.6 Å². The summed E-state index contributed by atoms with van der Waals surface area (Å²) in [5, 5.41) is 3.24. The first-order chi connectivity index (χ1) is 9.43. The van der Waals surface area contributed by atoms with E-state index < -0.39 is 10.0 Å². The molecule has 0 aromatic heterocycles. The predicted octanol–water partition coefficient (Wildman–Crippen LogP) is 1.83. The molecule has 0 radical (unpaired) electrons. The number of hydrogen-bond donors (Lipinski definition) is 1. The van der Waals surface area contributed by atoms with Crippen LogP contribution in [0.25, 0.3) is 0 Å². The van der Waals surface area contributed by atoms with Crippen LogP contribution in [0.15, 0.2) is 29.2 Å². The van der Waals surface area contributed by atoms with Gasteiger partial charge in [0.15, 0.2) is 0 Å². The van der Waals surface area contributed by atoms with Crippen molar-refractivity contribution in [2.24, 2.45) is 0 Å². The Morgan fingerprint density at radius 1 is 1.35 bits per heavy atom. The number of sulfonamides is 1. The zero-order valence-electron chi connectivity index (χ0n) is 12.3. The standard InChI is InChI=1S/C15H22N2O2S/c1-5-11-17(6-2)20(18,19)15-10-8-7-9-14(15)12-16-13(3)4/h1,7-10,13,16H,6,11-12H2,2-4H3. The topological polar surface area (TPSA) is 49.4 Å². The van der Waals surface area contributed by atoms with Crippen LogP contribution in [0.4, 0.5) is 0 Å². The molecule has 0 aliphatic carbocycles. The van der Waals surface area contributed by atoms with E-state index >= 15 is 0 Å². The van der Waals surface area contributed by atoms with E-state index in [2.05, 4.69) is 11.2 Å². The van der Waals surface area contributed by atoms with Crippen molar-refractivity contribution in [2.75, 3.05) is 13.1 Å². The van der Waals surface area contributed by atoms with Crippen LogP contribution in [0.3, 0.4) is 0 Å². The van der Waals surface area contributed by atoms with Gasteiger partial charge in [-0.25, -0.2) is 8.42 Å². The van der Waals surface area contributed by atoms with Crippen molar-refractivity contribution >= 4 is 10.0 Å². The predicted molar refractivity (Wildman–Crippen MR) is 81.7 cm³/mol. The first-order valence-electron chi connectivity index (χ1n) is 6.68. The molecule has 0 amide bonds. The Morgan fingerprint density at radius 2 is 2.00 bits per heavy atom. The molecule has 0 saturated heterocycles. The van der Waals surface area contributed by atoms with E-state index in [0.29, 0.717) is 24.0 Å². The largest absolute Gasteiger partial charge is 0.310 e. The van der Waals surface area contributed by atoms with E-state index in [-0.39, 0.29) is 6.54 Å². The van der Waals surface area contributed by atoms with Crippen LogP contribution in [0, 0.1) is 12.3 Å². The normalized spacial score (nSPS) is 11.8. The monoisotopic (exact) mass is 294 g/mol. The fourth-order valence-corrected chi connectivity index (χ4v) is 3.41. The molecule has 1 aromatic carbocycles. The van der Waals surface area contributed by atoms with Gasteiger partial charge in [-0.15, -0.1) is 6.42 Å². The van der Waals surface area contributed by atoms with Gasteiger partial charge in [-0.2, -0.15) is 4.31 Å². The minimum absolute atomic E-state index is 0.0881. The molecule has 0 saturated carbocycles. The third-order valence-electron chi connectivity index (χ3n) is 2.91. The van der Waals surface area contributed by atoms with Crippen molar-refractivity contribution in [1.82, 2.24) is 9.62 Å². The Labute approximate surface area is 122 Å². The molecule has 0 spiro atoms. The third-order valence-corrected chi connectivity index (χ3v) is 4.93. The molecule has 5 heteroatoms. The SMILES string of the molecule is C#CCN(CC)S(=O)(=O)c1ccccc1CNC(C)C. The summed E-state index contributed by atoms with van der Waals surface area (Å²) in [5.74, 6) is 2.40. The minimum atomic E-state index is -3.54. The number of rotatable bonds is 7. The van der Waals surface area contributed by atoms with E-state index in [0.717, 1.165) is 5.56 Å². The second-order valence-electron chi connectivity index (χ2n) is 4.78. The molecule has 0 fully saturated rings. The van der Waals surface area contributed by atoms with E-state index in [1.807, 2.05) is 26.0 Å².